The van der Waals surface area contributed by atoms with Crippen LogP contribution in [0, 0.1) is 13.8 Å². The minimum absolute atomic E-state index is 0.302. The molecule has 0 aromatic heterocycles. The molecular weight excluding hydrogens is 332 g/mol. The van der Waals surface area contributed by atoms with Crippen molar-refractivity contribution >= 4 is 39.1 Å². The first-order chi connectivity index (χ1) is 9.90. The number of carbonyl (C=O) groups is 2. The molecule has 0 atom stereocenters. The molecule has 2 aromatic carbocycles. The number of fused-ring (bicyclic) bond motifs is 1. The monoisotopic (exact) mass is 344 g/mol. The van der Waals surface area contributed by atoms with Crippen LogP contribution in [0.15, 0.2) is 34.8 Å². The zero-order chi connectivity index (χ0) is 15.3. The number of anilines is 2. The van der Waals surface area contributed by atoms with Gasteiger partial charge in [-0.1, -0.05) is 15.9 Å². The van der Waals surface area contributed by atoms with Crippen LogP contribution in [0.5, 0.6) is 0 Å². The lowest BCUT2D eigenvalue weighted by molar-refractivity contribution is 0.0925. The van der Waals surface area contributed by atoms with E-state index >= 15 is 0 Å². The Morgan fingerprint density at radius 3 is 2.14 bits per heavy atom. The summed E-state index contributed by atoms with van der Waals surface area (Å²) in [7, 11) is 0. The normalized spacial score (nSPS) is 13.8. The number of halogens is 1. The van der Waals surface area contributed by atoms with Crippen LogP contribution >= 0.6 is 15.9 Å². The molecule has 1 aliphatic rings. The highest BCUT2D eigenvalue weighted by Crippen LogP contribution is 2.35. The summed E-state index contributed by atoms with van der Waals surface area (Å²) in [6, 6.07) is 8.57. The predicted molar refractivity (Wildman–Crippen MR) is 85.6 cm³/mol. The zero-order valence-electron chi connectivity index (χ0n) is 11.6. The fraction of sp³-hybridized carbons (Fsp3) is 0.125. The summed E-state index contributed by atoms with van der Waals surface area (Å²) in [5.41, 5.74) is 9.32. The van der Waals surface area contributed by atoms with Crippen molar-refractivity contribution in [2.75, 3.05) is 10.6 Å². The average Bonchev–Trinajstić information content (AvgIpc) is 2.62. The summed E-state index contributed by atoms with van der Waals surface area (Å²) in [4.78, 5) is 26.4. The van der Waals surface area contributed by atoms with Gasteiger partial charge in [0.05, 0.1) is 16.8 Å². The lowest BCUT2D eigenvalue weighted by Crippen LogP contribution is -2.30. The van der Waals surface area contributed by atoms with E-state index in [1.165, 1.54) is 4.90 Å². The van der Waals surface area contributed by atoms with Gasteiger partial charge in [-0.05, 0) is 55.3 Å². The van der Waals surface area contributed by atoms with Gasteiger partial charge < -0.3 is 5.73 Å². The maximum atomic E-state index is 12.6. The molecule has 1 aliphatic heterocycles. The number of rotatable bonds is 1. The van der Waals surface area contributed by atoms with Crippen LogP contribution in [0.25, 0.3) is 0 Å². The first-order valence-corrected chi connectivity index (χ1v) is 7.24. The van der Waals surface area contributed by atoms with Crippen LogP contribution in [-0.4, -0.2) is 11.8 Å². The fourth-order valence-corrected chi connectivity index (χ4v) is 3.40. The standard InChI is InChI=1S/C16H13BrN2O2/c1-8-5-10(17)6-9(2)14(8)19-15(20)12-4-3-11(18)7-13(12)16(19)21/h3-7H,18H2,1-2H3. The minimum Gasteiger partial charge on any atom is -0.399 e. The van der Waals surface area contributed by atoms with Crippen molar-refractivity contribution in [2.24, 2.45) is 0 Å². The summed E-state index contributed by atoms with van der Waals surface area (Å²) in [5, 5.41) is 0. The number of nitrogens with two attached hydrogens (primary N) is 1. The number of nitrogen functional groups attached to an aromatic ring is 1. The molecule has 2 amide bonds. The third kappa shape index (κ3) is 2.05. The molecule has 0 saturated carbocycles. The molecule has 0 bridgehead atoms. The average molecular weight is 345 g/mol. The molecule has 3 rings (SSSR count). The van der Waals surface area contributed by atoms with Gasteiger partial charge in [-0.25, -0.2) is 4.90 Å². The molecule has 2 N–H and O–H groups in total. The Morgan fingerprint density at radius 1 is 0.952 bits per heavy atom. The Labute approximate surface area is 130 Å². The van der Waals surface area contributed by atoms with E-state index in [9.17, 15) is 9.59 Å². The third-order valence-corrected chi connectivity index (χ3v) is 4.05. The van der Waals surface area contributed by atoms with E-state index in [1.54, 1.807) is 18.2 Å². The molecule has 0 radical (unpaired) electrons. The largest absolute Gasteiger partial charge is 0.399 e. The number of carbonyl (C=O) groups excluding carboxylic acids is 2. The maximum Gasteiger partial charge on any atom is 0.266 e. The molecule has 0 aliphatic carbocycles. The summed E-state index contributed by atoms with van der Waals surface area (Å²) < 4.78 is 0.919. The van der Waals surface area contributed by atoms with E-state index in [-0.39, 0.29) is 11.8 Å². The molecule has 106 valence electrons. The Morgan fingerprint density at radius 2 is 1.52 bits per heavy atom. The van der Waals surface area contributed by atoms with Gasteiger partial charge in [0, 0.05) is 10.2 Å². The topological polar surface area (TPSA) is 63.4 Å². The number of imide groups is 1. The maximum absolute atomic E-state index is 12.6. The molecule has 0 spiro atoms. The van der Waals surface area contributed by atoms with Gasteiger partial charge in [-0.3, -0.25) is 9.59 Å². The molecule has 5 heteroatoms. The van der Waals surface area contributed by atoms with Crippen LogP contribution < -0.4 is 10.6 Å². The van der Waals surface area contributed by atoms with Crippen LogP contribution in [0.4, 0.5) is 11.4 Å². The van der Waals surface area contributed by atoms with E-state index in [2.05, 4.69) is 15.9 Å². The minimum atomic E-state index is -0.323. The van der Waals surface area contributed by atoms with E-state index < -0.39 is 0 Å². The van der Waals surface area contributed by atoms with Crippen LogP contribution in [-0.2, 0) is 0 Å². The molecule has 2 aromatic rings. The van der Waals surface area contributed by atoms with Crippen LogP contribution in [0.2, 0.25) is 0 Å². The number of hydrogen-bond donors (Lipinski definition) is 1. The Hall–Kier alpha value is -2.14. The van der Waals surface area contributed by atoms with Gasteiger partial charge in [0.1, 0.15) is 0 Å². The zero-order valence-corrected chi connectivity index (χ0v) is 13.2. The van der Waals surface area contributed by atoms with Crippen molar-refractivity contribution in [3.8, 4) is 0 Å². The van der Waals surface area contributed by atoms with Crippen molar-refractivity contribution in [2.45, 2.75) is 13.8 Å². The molecule has 4 nitrogen and oxygen atoms in total. The van der Waals surface area contributed by atoms with Gasteiger partial charge in [0.15, 0.2) is 0 Å². The highest BCUT2D eigenvalue weighted by atomic mass is 79.9. The summed E-state index contributed by atoms with van der Waals surface area (Å²) in [5.74, 6) is -0.626. The molecule has 0 unspecified atom stereocenters. The predicted octanol–water partition coefficient (Wildman–Crippen LogP) is 3.45. The Bertz CT molecular complexity index is 776. The van der Waals surface area contributed by atoms with E-state index in [1.807, 2.05) is 26.0 Å². The van der Waals surface area contributed by atoms with Crippen molar-refractivity contribution in [3.63, 3.8) is 0 Å². The van der Waals surface area contributed by atoms with Crippen molar-refractivity contribution < 1.29 is 9.59 Å². The third-order valence-electron chi connectivity index (χ3n) is 3.59. The van der Waals surface area contributed by atoms with Crippen LogP contribution in [0.3, 0.4) is 0 Å². The van der Waals surface area contributed by atoms with Crippen molar-refractivity contribution in [3.05, 3.63) is 57.1 Å². The first kappa shape index (κ1) is 13.8. The summed E-state index contributed by atoms with van der Waals surface area (Å²) in [6.07, 6.45) is 0. The van der Waals surface area contributed by atoms with Crippen LogP contribution in [0.1, 0.15) is 31.8 Å². The fourth-order valence-electron chi connectivity index (χ4n) is 2.72. The van der Waals surface area contributed by atoms with E-state index in [0.717, 1.165) is 15.6 Å². The van der Waals surface area contributed by atoms with E-state index in [0.29, 0.717) is 22.5 Å². The molecule has 0 saturated heterocycles. The summed E-state index contributed by atoms with van der Waals surface area (Å²) in [6.45, 7) is 3.76. The molecule has 0 fully saturated rings. The number of aryl methyl sites for hydroxylation is 2. The highest BCUT2D eigenvalue weighted by molar-refractivity contribution is 9.10. The SMILES string of the molecule is Cc1cc(Br)cc(C)c1N1C(=O)c2ccc(N)cc2C1=O. The quantitative estimate of drug-likeness (QED) is 0.636. The number of amides is 2. The number of hydrogen-bond acceptors (Lipinski definition) is 3. The second kappa shape index (κ2) is 4.70. The lowest BCUT2D eigenvalue weighted by atomic mass is 10.1. The molecule has 21 heavy (non-hydrogen) atoms. The highest BCUT2D eigenvalue weighted by Gasteiger charge is 2.38. The Kier molecular flexibility index (Phi) is 3.10. The van der Waals surface area contributed by atoms with Gasteiger partial charge in [0.2, 0.25) is 0 Å². The molecule has 1 heterocycles. The van der Waals surface area contributed by atoms with Crippen molar-refractivity contribution in [1.82, 2.24) is 0 Å². The number of benzene rings is 2. The Balaban J connectivity index is 2.19. The van der Waals surface area contributed by atoms with Gasteiger partial charge in [-0.2, -0.15) is 0 Å². The van der Waals surface area contributed by atoms with Gasteiger partial charge in [0.25, 0.3) is 11.8 Å². The van der Waals surface area contributed by atoms with E-state index in [4.69, 9.17) is 5.73 Å². The number of nitrogens with zero attached hydrogens (tertiary/aromatic N) is 1. The smallest absolute Gasteiger partial charge is 0.266 e. The lowest BCUT2D eigenvalue weighted by Gasteiger charge is -2.19. The molecular formula is C16H13BrN2O2. The first-order valence-electron chi connectivity index (χ1n) is 6.45. The summed E-state index contributed by atoms with van der Waals surface area (Å²) >= 11 is 3.42. The second-order valence-corrected chi connectivity index (χ2v) is 6.05. The van der Waals surface area contributed by atoms with Gasteiger partial charge >= 0.3 is 0 Å². The van der Waals surface area contributed by atoms with Crippen molar-refractivity contribution in [1.29, 1.82) is 0 Å². The second-order valence-electron chi connectivity index (χ2n) is 5.14. The van der Waals surface area contributed by atoms with Gasteiger partial charge in [-0.15, -0.1) is 0 Å².